The molecule has 152 valence electrons. The van der Waals surface area contributed by atoms with E-state index in [2.05, 4.69) is 15.3 Å². The van der Waals surface area contributed by atoms with Crippen molar-refractivity contribution in [3.8, 4) is 0 Å². The quantitative estimate of drug-likeness (QED) is 0.615. The molecule has 3 rings (SSSR count). The Morgan fingerprint density at radius 1 is 1.34 bits per heavy atom. The highest BCUT2D eigenvalue weighted by atomic mass is 35.5. The summed E-state index contributed by atoms with van der Waals surface area (Å²) in [6.45, 7) is 4.08. The van der Waals surface area contributed by atoms with Gasteiger partial charge in [-0.15, -0.1) is 0 Å². The number of hydrogen-bond donors (Lipinski definition) is 2. The van der Waals surface area contributed by atoms with Gasteiger partial charge in [0.05, 0.1) is 23.7 Å². The number of carbonyl (C=O) groups is 2. The van der Waals surface area contributed by atoms with Gasteiger partial charge in [0.15, 0.2) is 5.76 Å². The Morgan fingerprint density at radius 2 is 2.14 bits per heavy atom. The Kier molecular flexibility index (Phi) is 6.33. The number of rotatable bonds is 7. The number of furan rings is 1. The highest BCUT2D eigenvalue weighted by molar-refractivity contribution is 6.31. The van der Waals surface area contributed by atoms with Crippen LogP contribution in [-0.2, 0) is 11.3 Å². The van der Waals surface area contributed by atoms with E-state index < -0.39 is 11.9 Å². The summed E-state index contributed by atoms with van der Waals surface area (Å²) >= 11 is 6.00. The smallest absolute Gasteiger partial charge is 0.287 e. The van der Waals surface area contributed by atoms with E-state index in [9.17, 15) is 14.4 Å². The number of aromatic nitrogens is 2. The SMILES string of the molecule is CCCN(Cc1nc2cc(Cl)ccc2c(=O)[nH]1)C(=O)C(C)NC(=O)c1ccco1. The molecule has 1 unspecified atom stereocenters. The number of amides is 2. The molecule has 8 nitrogen and oxygen atoms in total. The summed E-state index contributed by atoms with van der Waals surface area (Å²) in [6.07, 6.45) is 2.09. The summed E-state index contributed by atoms with van der Waals surface area (Å²) in [5.41, 5.74) is 0.157. The van der Waals surface area contributed by atoms with E-state index in [1.54, 1.807) is 36.1 Å². The van der Waals surface area contributed by atoms with E-state index in [0.29, 0.717) is 34.7 Å². The van der Waals surface area contributed by atoms with Gasteiger partial charge in [-0.25, -0.2) is 4.98 Å². The maximum atomic E-state index is 12.9. The van der Waals surface area contributed by atoms with E-state index in [1.165, 1.54) is 12.3 Å². The fraction of sp³-hybridized carbons (Fsp3) is 0.300. The second kappa shape index (κ2) is 8.91. The summed E-state index contributed by atoms with van der Waals surface area (Å²) in [6, 6.07) is 7.17. The van der Waals surface area contributed by atoms with Crippen LogP contribution < -0.4 is 10.9 Å². The average Bonchev–Trinajstić information content (AvgIpc) is 3.21. The molecule has 0 aliphatic carbocycles. The van der Waals surface area contributed by atoms with Crippen molar-refractivity contribution < 1.29 is 14.0 Å². The fourth-order valence-corrected chi connectivity index (χ4v) is 3.13. The summed E-state index contributed by atoms with van der Waals surface area (Å²) in [7, 11) is 0. The molecule has 2 aromatic heterocycles. The zero-order valence-electron chi connectivity index (χ0n) is 16.1. The number of carbonyl (C=O) groups excluding carboxylic acids is 2. The number of benzene rings is 1. The number of hydrogen-bond acceptors (Lipinski definition) is 5. The molecule has 0 spiro atoms. The Labute approximate surface area is 171 Å². The van der Waals surface area contributed by atoms with Crippen molar-refractivity contribution >= 4 is 34.3 Å². The second-order valence-electron chi connectivity index (χ2n) is 6.61. The zero-order chi connectivity index (χ0) is 21.0. The Hall–Kier alpha value is -3.13. The predicted octanol–water partition coefficient (Wildman–Crippen LogP) is 2.73. The van der Waals surface area contributed by atoms with Gasteiger partial charge in [0.1, 0.15) is 11.9 Å². The van der Waals surface area contributed by atoms with E-state index >= 15 is 0 Å². The molecule has 0 saturated carbocycles. The van der Waals surface area contributed by atoms with Crippen LogP contribution in [0.3, 0.4) is 0 Å². The van der Waals surface area contributed by atoms with Crippen molar-refractivity contribution in [2.75, 3.05) is 6.54 Å². The molecule has 0 fully saturated rings. The van der Waals surface area contributed by atoms with Crippen LogP contribution in [0.15, 0.2) is 45.8 Å². The lowest BCUT2D eigenvalue weighted by molar-refractivity contribution is -0.133. The van der Waals surface area contributed by atoms with Gasteiger partial charge in [0.2, 0.25) is 5.91 Å². The van der Waals surface area contributed by atoms with Crippen LogP contribution in [0.25, 0.3) is 10.9 Å². The molecule has 2 N–H and O–H groups in total. The van der Waals surface area contributed by atoms with Crippen LogP contribution in [0.5, 0.6) is 0 Å². The Morgan fingerprint density at radius 3 is 2.83 bits per heavy atom. The highest BCUT2D eigenvalue weighted by Crippen LogP contribution is 2.15. The number of H-pyrrole nitrogens is 1. The summed E-state index contributed by atoms with van der Waals surface area (Å²) in [4.78, 5) is 46.0. The molecule has 0 aliphatic heterocycles. The highest BCUT2D eigenvalue weighted by Gasteiger charge is 2.24. The molecule has 0 bridgehead atoms. The van der Waals surface area contributed by atoms with Crippen molar-refractivity contribution in [3.63, 3.8) is 0 Å². The minimum absolute atomic E-state index is 0.103. The monoisotopic (exact) mass is 416 g/mol. The van der Waals surface area contributed by atoms with E-state index in [-0.39, 0.29) is 23.8 Å². The third-order valence-electron chi connectivity index (χ3n) is 4.33. The number of aromatic amines is 1. The Balaban J connectivity index is 1.78. The van der Waals surface area contributed by atoms with E-state index in [0.717, 1.165) is 0 Å². The molecule has 2 amide bonds. The topological polar surface area (TPSA) is 108 Å². The van der Waals surface area contributed by atoms with Gasteiger partial charge >= 0.3 is 0 Å². The van der Waals surface area contributed by atoms with Crippen molar-refractivity contribution in [1.29, 1.82) is 0 Å². The molecule has 9 heteroatoms. The second-order valence-corrected chi connectivity index (χ2v) is 7.04. The third kappa shape index (κ3) is 4.83. The first-order valence-electron chi connectivity index (χ1n) is 9.20. The zero-order valence-corrected chi connectivity index (χ0v) is 16.8. The molecule has 29 heavy (non-hydrogen) atoms. The van der Waals surface area contributed by atoms with Crippen LogP contribution in [0.1, 0.15) is 36.6 Å². The summed E-state index contributed by atoms with van der Waals surface area (Å²) in [5, 5.41) is 3.51. The average molecular weight is 417 g/mol. The standard InChI is InChI=1S/C20H21ClN4O4/c1-3-8-25(20(28)12(2)22-19(27)16-5-4-9-29-16)11-17-23-15-10-13(21)6-7-14(15)18(26)24-17/h4-7,9-10,12H,3,8,11H2,1-2H3,(H,22,27)(H,23,24,26). The summed E-state index contributed by atoms with van der Waals surface area (Å²) in [5.74, 6) is -0.292. The van der Waals surface area contributed by atoms with Crippen molar-refractivity contribution in [2.24, 2.45) is 0 Å². The molecule has 2 heterocycles. The van der Waals surface area contributed by atoms with Gasteiger partial charge in [-0.2, -0.15) is 0 Å². The first-order chi connectivity index (χ1) is 13.9. The molecule has 1 atom stereocenters. The lowest BCUT2D eigenvalue weighted by Crippen LogP contribution is -2.47. The lowest BCUT2D eigenvalue weighted by Gasteiger charge is -2.25. The van der Waals surface area contributed by atoms with Crippen LogP contribution in [0, 0.1) is 0 Å². The van der Waals surface area contributed by atoms with Gasteiger partial charge in [-0.1, -0.05) is 18.5 Å². The number of nitrogens with zero attached hydrogens (tertiary/aromatic N) is 2. The van der Waals surface area contributed by atoms with Gasteiger partial charge in [-0.05, 0) is 43.7 Å². The molecular formula is C20H21ClN4O4. The Bertz CT molecular complexity index is 1080. The maximum absolute atomic E-state index is 12.9. The first kappa shape index (κ1) is 20.6. The molecule has 0 radical (unpaired) electrons. The van der Waals surface area contributed by atoms with Crippen molar-refractivity contribution in [1.82, 2.24) is 20.2 Å². The number of nitrogens with one attached hydrogen (secondary N) is 2. The van der Waals surface area contributed by atoms with Gasteiger partial charge in [0.25, 0.3) is 11.5 Å². The molecule has 3 aromatic rings. The normalized spacial score (nSPS) is 12.0. The largest absolute Gasteiger partial charge is 0.459 e. The van der Waals surface area contributed by atoms with Gasteiger partial charge < -0.3 is 19.6 Å². The number of fused-ring (bicyclic) bond motifs is 1. The molecule has 1 aromatic carbocycles. The number of halogens is 1. The van der Waals surface area contributed by atoms with Crippen molar-refractivity contribution in [2.45, 2.75) is 32.9 Å². The summed E-state index contributed by atoms with van der Waals surface area (Å²) < 4.78 is 5.05. The minimum atomic E-state index is -0.777. The van der Waals surface area contributed by atoms with Crippen LogP contribution in [-0.4, -0.2) is 39.3 Å². The van der Waals surface area contributed by atoms with Crippen LogP contribution in [0.2, 0.25) is 5.02 Å². The molecule has 0 aliphatic rings. The van der Waals surface area contributed by atoms with E-state index in [1.807, 2.05) is 6.92 Å². The molecule has 0 saturated heterocycles. The first-order valence-corrected chi connectivity index (χ1v) is 9.58. The minimum Gasteiger partial charge on any atom is -0.459 e. The van der Waals surface area contributed by atoms with Gasteiger partial charge in [0, 0.05) is 11.6 Å². The third-order valence-corrected chi connectivity index (χ3v) is 4.56. The van der Waals surface area contributed by atoms with Gasteiger partial charge in [-0.3, -0.25) is 14.4 Å². The predicted molar refractivity (Wildman–Crippen MR) is 109 cm³/mol. The van der Waals surface area contributed by atoms with Crippen LogP contribution >= 0.6 is 11.6 Å². The lowest BCUT2D eigenvalue weighted by atomic mass is 10.2. The van der Waals surface area contributed by atoms with Crippen molar-refractivity contribution in [3.05, 3.63) is 63.6 Å². The van der Waals surface area contributed by atoms with E-state index in [4.69, 9.17) is 16.0 Å². The molecular weight excluding hydrogens is 396 g/mol. The fourth-order valence-electron chi connectivity index (χ4n) is 2.96. The van der Waals surface area contributed by atoms with Crippen LogP contribution in [0.4, 0.5) is 0 Å². The maximum Gasteiger partial charge on any atom is 0.287 e.